The molecule has 0 radical (unpaired) electrons. The molecule has 0 aromatic carbocycles. The lowest BCUT2D eigenvalue weighted by Gasteiger charge is -2.26. The minimum Gasteiger partial charge on any atom is -0.381 e. The van der Waals surface area contributed by atoms with E-state index >= 15 is 0 Å². The van der Waals surface area contributed by atoms with Gasteiger partial charge in [-0.05, 0) is 38.5 Å². The fraction of sp³-hybridized carbons (Fsp3) is 0.905. The Hall–Kier alpha value is -0.610. The maximum atomic E-state index is 12.7. The Bertz CT molecular complexity index is 508. The lowest BCUT2D eigenvalue weighted by Crippen LogP contribution is -2.46. The van der Waals surface area contributed by atoms with Crippen molar-refractivity contribution in [2.24, 2.45) is 10.9 Å². The van der Waals surface area contributed by atoms with Gasteiger partial charge in [0.05, 0.1) is 6.10 Å². The van der Waals surface area contributed by atoms with Gasteiger partial charge in [-0.15, -0.1) is 24.0 Å². The summed E-state index contributed by atoms with van der Waals surface area (Å²) in [5.74, 6) is 1.46. The number of carbonyl (C=O) groups is 1. The van der Waals surface area contributed by atoms with E-state index in [2.05, 4.69) is 20.5 Å². The molecule has 0 aromatic rings. The smallest absolute Gasteiger partial charge is 0.225 e. The molecule has 2 heterocycles. The molecule has 1 unspecified atom stereocenters. The number of guanidine groups is 1. The van der Waals surface area contributed by atoms with E-state index in [9.17, 15) is 4.79 Å². The topological polar surface area (TPSA) is 75.2 Å². The Labute approximate surface area is 192 Å². The lowest BCUT2D eigenvalue weighted by molar-refractivity contribution is -0.135. The first kappa shape index (κ1) is 24.7. The van der Waals surface area contributed by atoms with Crippen molar-refractivity contribution in [1.82, 2.24) is 15.5 Å². The van der Waals surface area contributed by atoms with Crippen LogP contribution >= 0.6 is 24.0 Å². The number of carbonyl (C=O) groups excluding carboxylic acids is 1. The van der Waals surface area contributed by atoms with Crippen molar-refractivity contribution in [1.29, 1.82) is 0 Å². The highest BCUT2D eigenvalue weighted by Crippen LogP contribution is 2.26. The predicted octanol–water partition coefficient (Wildman–Crippen LogP) is 2.54. The molecular formula is C21H39IN4O3. The van der Waals surface area contributed by atoms with Crippen molar-refractivity contribution in [2.45, 2.75) is 69.9 Å². The predicted molar refractivity (Wildman–Crippen MR) is 126 cm³/mol. The van der Waals surface area contributed by atoms with Gasteiger partial charge in [-0.25, -0.2) is 0 Å². The molecule has 0 bridgehead atoms. The summed E-state index contributed by atoms with van der Waals surface area (Å²) in [5, 5.41) is 6.85. The fourth-order valence-corrected chi connectivity index (χ4v) is 4.45. The first-order valence-electron chi connectivity index (χ1n) is 11.2. The Balaban J connectivity index is 0.00000300. The number of rotatable bonds is 7. The molecular weight excluding hydrogens is 483 g/mol. The number of nitrogens with one attached hydrogen (secondary N) is 2. The van der Waals surface area contributed by atoms with Crippen LogP contribution in [0.15, 0.2) is 4.99 Å². The summed E-state index contributed by atoms with van der Waals surface area (Å²) in [6.45, 7) is 4.90. The summed E-state index contributed by atoms with van der Waals surface area (Å²) in [7, 11) is 1.80. The maximum absolute atomic E-state index is 12.7. The van der Waals surface area contributed by atoms with E-state index in [4.69, 9.17) is 9.47 Å². The van der Waals surface area contributed by atoms with Crippen molar-refractivity contribution < 1.29 is 14.3 Å². The second kappa shape index (κ2) is 13.6. The zero-order valence-corrected chi connectivity index (χ0v) is 20.2. The van der Waals surface area contributed by atoms with Crippen LogP contribution in [0, 0.1) is 5.92 Å². The minimum atomic E-state index is 0. The van der Waals surface area contributed by atoms with Gasteiger partial charge in [-0.1, -0.05) is 19.3 Å². The number of halogens is 1. The molecule has 2 saturated heterocycles. The van der Waals surface area contributed by atoms with Gasteiger partial charge in [0.1, 0.15) is 0 Å². The van der Waals surface area contributed by atoms with Crippen molar-refractivity contribution >= 4 is 35.8 Å². The molecule has 2 N–H and O–H groups in total. The number of hydrogen-bond donors (Lipinski definition) is 2. The van der Waals surface area contributed by atoms with Crippen LogP contribution in [0.2, 0.25) is 0 Å². The van der Waals surface area contributed by atoms with Crippen molar-refractivity contribution in [3.8, 4) is 0 Å². The van der Waals surface area contributed by atoms with Crippen LogP contribution in [0.1, 0.15) is 57.8 Å². The molecule has 0 spiro atoms. The number of nitrogens with zero attached hydrogens (tertiary/aromatic N) is 2. The summed E-state index contributed by atoms with van der Waals surface area (Å²) in [6.07, 6.45) is 10.2. The van der Waals surface area contributed by atoms with Crippen LogP contribution in [-0.2, 0) is 14.3 Å². The van der Waals surface area contributed by atoms with E-state index in [-0.39, 0.29) is 35.9 Å². The molecule has 3 rings (SSSR count). The van der Waals surface area contributed by atoms with E-state index in [1.807, 2.05) is 0 Å². The number of likely N-dealkylation sites (tertiary alicyclic amines) is 1. The number of ether oxygens (including phenoxy) is 2. The van der Waals surface area contributed by atoms with E-state index < -0.39 is 0 Å². The standard InChI is InChI=1S/C21H38N4O3.HI/c1-22-21(23-11-5-13-28-19-9-14-27-15-10-19)24-18-8-12-25(16-18)20(26)17-6-3-2-4-7-17;/h17-19H,2-16H2,1H3,(H2,22,23,24);1H. The zero-order valence-electron chi connectivity index (χ0n) is 17.9. The van der Waals surface area contributed by atoms with Gasteiger partial charge in [-0.3, -0.25) is 9.79 Å². The summed E-state index contributed by atoms with van der Waals surface area (Å²) in [5.41, 5.74) is 0. The van der Waals surface area contributed by atoms with Crippen molar-refractivity contribution in [3.05, 3.63) is 0 Å². The lowest BCUT2D eigenvalue weighted by atomic mass is 9.88. The second-order valence-electron chi connectivity index (χ2n) is 8.28. The highest BCUT2D eigenvalue weighted by molar-refractivity contribution is 14.0. The van der Waals surface area contributed by atoms with Crippen LogP contribution in [0.25, 0.3) is 0 Å². The number of amides is 1. The Morgan fingerprint density at radius 1 is 1.14 bits per heavy atom. The highest BCUT2D eigenvalue weighted by Gasteiger charge is 2.31. The molecule has 1 amide bonds. The van der Waals surface area contributed by atoms with E-state index in [1.54, 1.807) is 7.05 Å². The molecule has 0 aromatic heterocycles. The van der Waals surface area contributed by atoms with Gasteiger partial charge in [-0.2, -0.15) is 0 Å². The third kappa shape index (κ3) is 8.20. The monoisotopic (exact) mass is 522 g/mol. The molecule has 3 aliphatic rings. The molecule has 168 valence electrons. The van der Waals surface area contributed by atoms with E-state index in [1.165, 1.54) is 19.3 Å². The summed E-state index contributed by atoms with van der Waals surface area (Å²) < 4.78 is 11.3. The van der Waals surface area contributed by atoms with Crippen LogP contribution in [-0.4, -0.2) is 75.4 Å². The molecule has 1 atom stereocenters. The molecule has 29 heavy (non-hydrogen) atoms. The molecule has 1 aliphatic carbocycles. The summed E-state index contributed by atoms with van der Waals surface area (Å²) >= 11 is 0. The van der Waals surface area contributed by atoms with Gasteiger partial charge in [0, 0.05) is 58.5 Å². The van der Waals surface area contributed by atoms with Gasteiger partial charge in [0.2, 0.25) is 5.91 Å². The van der Waals surface area contributed by atoms with Crippen molar-refractivity contribution in [3.63, 3.8) is 0 Å². The number of hydrogen-bond acceptors (Lipinski definition) is 4. The highest BCUT2D eigenvalue weighted by atomic mass is 127. The maximum Gasteiger partial charge on any atom is 0.225 e. The molecule has 8 heteroatoms. The van der Waals surface area contributed by atoms with Crippen LogP contribution in [0.4, 0.5) is 0 Å². The third-order valence-corrected chi connectivity index (χ3v) is 6.15. The van der Waals surface area contributed by atoms with Gasteiger partial charge in [0.15, 0.2) is 5.96 Å². The first-order valence-corrected chi connectivity index (χ1v) is 11.2. The summed E-state index contributed by atoms with van der Waals surface area (Å²) in [6, 6.07) is 0.289. The average molecular weight is 522 g/mol. The van der Waals surface area contributed by atoms with Crippen LogP contribution in [0.5, 0.6) is 0 Å². The fourth-order valence-electron chi connectivity index (χ4n) is 4.45. The SMILES string of the molecule is CN=C(NCCCOC1CCOCC1)NC1CCN(C(=O)C2CCCCC2)C1.I. The third-order valence-electron chi connectivity index (χ3n) is 6.15. The quantitative estimate of drug-likeness (QED) is 0.233. The van der Waals surface area contributed by atoms with Gasteiger partial charge in [0.25, 0.3) is 0 Å². The molecule has 1 saturated carbocycles. The van der Waals surface area contributed by atoms with Crippen molar-refractivity contribution in [2.75, 3.05) is 46.5 Å². The van der Waals surface area contributed by atoms with Gasteiger partial charge < -0.3 is 25.0 Å². The Morgan fingerprint density at radius 3 is 2.62 bits per heavy atom. The average Bonchev–Trinajstić information content (AvgIpc) is 3.22. The molecule has 3 fully saturated rings. The Kier molecular flexibility index (Phi) is 11.6. The number of aliphatic imine (C=N–C) groups is 1. The second-order valence-corrected chi connectivity index (χ2v) is 8.28. The van der Waals surface area contributed by atoms with Gasteiger partial charge >= 0.3 is 0 Å². The van der Waals surface area contributed by atoms with E-state index in [0.29, 0.717) is 12.0 Å². The first-order chi connectivity index (χ1) is 13.8. The zero-order chi connectivity index (χ0) is 19.6. The minimum absolute atomic E-state index is 0. The normalized spacial score (nSPS) is 24.2. The van der Waals surface area contributed by atoms with Crippen LogP contribution < -0.4 is 10.6 Å². The van der Waals surface area contributed by atoms with E-state index in [0.717, 1.165) is 83.9 Å². The van der Waals surface area contributed by atoms with Crippen LogP contribution in [0.3, 0.4) is 0 Å². The molecule has 2 aliphatic heterocycles. The Morgan fingerprint density at radius 2 is 1.90 bits per heavy atom. The molecule has 7 nitrogen and oxygen atoms in total. The summed E-state index contributed by atoms with van der Waals surface area (Å²) in [4.78, 5) is 19.1. The largest absolute Gasteiger partial charge is 0.381 e.